The predicted molar refractivity (Wildman–Crippen MR) is 72.6 cm³/mol. The van der Waals surface area contributed by atoms with Gasteiger partial charge in [-0.15, -0.1) is 0 Å². The molecule has 0 aromatic carbocycles. The van der Waals surface area contributed by atoms with Crippen molar-refractivity contribution in [2.75, 3.05) is 47.4 Å². The molecule has 18 heavy (non-hydrogen) atoms. The van der Waals surface area contributed by atoms with Crippen LogP contribution in [0.1, 0.15) is 19.8 Å². The van der Waals surface area contributed by atoms with Gasteiger partial charge in [0.25, 0.3) is 0 Å². The number of carbonyl (C=O) groups is 1. The summed E-state index contributed by atoms with van der Waals surface area (Å²) in [5.41, 5.74) is 0. The van der Waals surface area contributed by atoms with Gasteiger partial charge in [0.05, 0.1) is 12.1 Å². The lowest BCUT2D eigenvalue weighted by Gasteiger charge is -2.25. The number of hydrogen-bond acceptors (Lipinski definition) is 4. The average molecular weight is 257 g/mol. The van der Waals surface area contributed by atoms with Gasteiger partial charge in [-0.25, -0.2) is 0 Å². The van der Waals surface area contributed by atoms with E-state index in [1.54, 1.807) is 7.11 Å². The topological polar surface area (TPSA) is 44.8 Å². The highest BCUT2D eigenvalue weighted by molar-refractivity contribution is 5.82. The molecule has 1 aliphatic heterocycles. The molecule has 2 unspecified atom stereocenters. The second-order valence-electron chi connectivity index (χ2n) is 5.13. The molecule has 0 radical (unpaired) electrons. The van der Waals surface area contributed by atoms with Crippen molar-refractivity contribution in [2.45, 2.75) is 31.9 Å². The summed E-state index contributed by atoms with van der Waals surface area (Å²) < 4.78 is 5.28. The Kier molecular flexibility index (Phi) is 6.60. The van der Waals surface area contributed by atoms with Gasteiger partial charge in [0.15, 0.2) is 0 Å². The highest BCUT2D eigenvalue weighted by Crippen LogP contribution is 2.12. The molecule has 0 aromatic heterocycles. The van der Waals surface area contributed by atoms with Crippen LogP contribution in [0.5, 0.6) is 0 Å². The van der Waals surface area contributed by atoms with Crippen molar-refractivity contribution in [3.8, 4) is 0 Å². The standard InChI is InChI=1S/C13H27N3O2/c1-5-16(8-6-7-15(2)3)13(17)12-9-11(18-4)10-14-12/h11-12,14H,5-10H2,1-4H3. The van der Waals surface area contributed by atoms with E-state index in [2.05, 4.69) is 24.3 Å². The Balaban J connectivity index is 2.37. The minimum atomic E-state index is -0.0609. The Morgan fingerprint density at radius 3 is 2.61 bits per heavy atom. The van der Waals surface area contributed by atoms with Gasteiger partial charge >= 0.3 is 0 Å². The van der Waals surface area contributed by atoms with Crippen molar-refractivity contribution in [3.05, 3.63) is 0 Å². The van der Waals surface area contributed by atoms with Crippen LogP contribution in [0.25, 0.3) is 0 Å². The molecule has 1 N–H and O–H groups in total. The lowest BCUT2D eigenvalue weighted by atomic mass is 10.1. The molecule has 1 saturated heterocycles. The van der Waals surface area contributed by atoms with Crippen LogP contribution >= 0.6 is 0 Å². The summed E-state index contributed by atoms with van der Waals surface area (Å²) in [6.07, 6.45) is 1.99. The van der Waals surface area contributed by atoms with E-state index >= 15 is 0 Å². The lowest BCUT2D eigenvalue weighted by molar-refractivity contribution is -0.133. The van der Waals surface area contributed by atoms with E-state index in [0.29, 0.717) is 0 Å². The number of nitrogens with zero attached hydrogens (tertiary/aromatic N) is 2. The molecular formula is C13H27N3O2. The minimum Gasteiger partial charge on any atom is -0.380 e. The number of nitrogens with one attached hydrogen (secondary N) is 1. The van der Waals surface area contributed by atoms with Crippen molar-refractivity contribution in [1.29, 1.82) is 0 Å². The van der Waals surface area contributed by atoms with Crippen molar-refractivity contribution in [2.24, 2.45) is 0 Å². The fourth-order valence-electron chi connectivity index (χ4n) is 2.29. The Morgan fingerprint density at radius 1 is 1.39 bits per heavy atom. The number of hydrogen-bond donors (Lipinski definition) is 1. The zero-order chi connectivity index (χ0) is 13.5. The zero-order valence-electron chi connectivity index (χ0n) is 12.1. The number of ether oxygens (including phenoxy) is 1. The van der Waals surface area contributed by atoms with Crippen molar-refractivity contribution < 1.29 is 9.53 Å². The van der Waals surface area contributed by atoms with E-state index in [0.717, 1.165) is 39.0 Å². The number of likely N-dealkylation sites (N-methyl/N-ethyl adjacent to an activating group) is 1. The Hall–Kier alpha value is -0.650. The summed E-state index contributed by atoms with van der Waals surface area (Å²) in [5.74, 6) is 0.218. The third-order valence-electron chi connectivity index (χ3n) is 3.45. The monoisotopic (exact) mass is 257 g/mol. The average Bonchev–Trinajstić information content (AvgIpc) is 2.82. The molecule has 0 aliphatic carbocycles. The third kappa shape index (κ3) is 4.55. The normalized spacial score (nSPS) is 23.6. The maximum atomic E-state index is 12.3. The molecule has 0 spiro atoms. The van der Waals surface area contributed by atoms with Crippen LogP contribution in [0.2, 0.25) is 0 Å². The molecule has 0 bridgehead atoms. The number of amides is 1. The maximum absolute atomic E-state index is 12.3. The highest BCUT2D eigenvalue weighted by atomic mass is 16.5. The van der Waals surface area contributed by atoms with Gasteiger partial charge in [-0.05, 0) is 40.4 Å². The number of methoxy groups -OCH3 is 1. The molecule has 2 atom stereocenters. The first kappa shape index (κ1) is 15.4. The van der Waals surface area contributed by atoms with Gasteiger partial charge in [0.1, 0.15) is 0 Å². The van der Waals surface area contributed by atoms with Crippen LogP contribution in [-0.4, -0.2) is 75.2 Å². The van der Waals surface area contributed by atoms with Crippen molar-refractivity contribution >= 4 is 5.91 Å². The Morgan fingerprint density at radius 2 is 2.11 bits per heavy atom. The molecule has 0 saturated carbocycles. The van der Waals surface area contributed by atoms with Gasteiger partial charge in [0.2, 0.25) is 5.91 Å². The van der Waals surface area contributed by atoms with E-state index < -0.39 is 0 Å². The summed E-state index contributed by atoms with van der Waals surface area (Å²) in [6.45, 7) is 5.45. The zero-order valence-corrected chi connectivity index (χ0v) is 12.1. The minimum absolute atomic E-state index is 0.0609. The molecular weight excluding hydrogens is 230 g/mol. The molecule has 5 nitrogen and oxygen atoms in total. The van der Waals surface area contributed by atoms with E-state index in [-0.39, 0.29) is 18.1 Å². The molecule has 5 heteroatoms. The van der Waals surface area contributed by atoms with Crippen LogP contribution in [0.3, 0.4) is 0 Å². The lowest BCUT2D eigenvalue weighted by Crippen LogP contribution is -2.44. The van der Waals surface area contributed by atoms with Gasteiger partial charge in [0, 0.05) is 26.7 Å². The quantitative estimate of drug-likeness (QED) is 0.706. The fraction of sp³-hybridized carbons (Fsp3) is 0.923. The van der Waals surface area contributed by atoms with Gasteiger partial charge < -0.3 is 19.9 Å². The predicted octanol–water partition coefficient (Wildman–Crippen LogP) is 0.164. The van der Waals surface area contributed by atoms with Gasteiger partial charge in [-0.1, -0.05) is 0 Å². The molecule has 106 valence electrons. The van der Waals surface area contributed by atoms with Gasteiger partial charge in [-0.3, -0.25) is 4.79 Å². The SMILES string of the molecule is CCN(CCCN(C)C)C(=O)C1CC(OC)CN1. The molecule has 1 heterocycles. The van der Waals surface area contributed by atoms with Crippen LogP contribution in [0.4, 0.5) is 0 Å². The second-order valence-corrected chi connectivity index (χ2v) is 5.13. The molecule has 1 amide bonds. The molecule has 0 aromatic rings. The first-order chi connectivity index (χ1) is 8.58. The first-order valence-corrected chi connectivity index (χ1v) is 6.78. The van der Waals surface area contributed by atoms with Crippen LogP contribution < -0.4 is 5.32 Å². The van der Waals surface area contributed by atoms with Crippen LogP contribution in [-0.2, 0) is 9.53 Å². The summed E-state index contributed by atoms with van der Waals surface area (Å²) in [7, 11) is 5.81. The summed E-state index contributed by atoms with van der Waals surface area (Å²) >= 11 is 0. The van der Waals surface area contributed by atoms with E-state index in [1.807, 2.05) is 11.8 Å². The fourth-order valence-corrected chi connectivity index (χ4v) is 2.29. The van der Waals surface area contributed by atoms with E-state index in [1.165, 1.54) is 0 Å². The van der Waals surface area contributed by atoms with Gasteiger partial charge in [-0.2, -0.15) is 0 Å². The summed E-state index contributed by atoms with van der Waals surface area (Å²) in [5, 5.41) is 3.24. The smallest absolute Gasteiger partial charge is 0.239 e. The second kappa shape index (κ2) is 7.71. The van der Waals surface area contributed by atoms with Crippen molar-refractivity contribution in [3.63, 3.8) is 0 Å². The summed E-state index contributed by atoms with van der Waals surface area (Å²) in [6, 6.07) is -0.0609. The maximum Gasteiger partial charge on any atom is 0.239 e. The third-order valence-corrected chi connectivity index (χ3v) is 3.45. The number of rotatable bonds is 7. The van der Waals surface area contributed by atoms with Crippen LogP contribution in [0.15, 0.2) is 0 Å². The molecule has 1 rings (SSSR count). The highest BCUT2D eigenvalue weighted by Gasteiger charge is 2.31. The molecule has 1 fully saturated rings. The Labute approximate surface area is 110 Å². The summed E-state index contributed by atoms with van der Waals surface area (Å²) in [4.78, 5) is 16.4. The molecule has 1 aliphatic rings. The van der Waals surface area contributed by atoms with Crippen LogP contribution in [0, 0.1) is 0 Å². The largest absolute Gasteiger partial charge is 0.380 e. The van der Waals surface area contributed by atoms with E-state index in [9.17, 15) is 4.79 Å². The first-order valence-electron chi connectivity index (χ1n) is 6.78. The van der Waals surface area contributed by atoms with Crippen molar-refractivity contribution in [1.82, 2.24) is 15.1 Å². The number of carbonyl (C=O) groups excluding carboxylic acids is 1. The Bertz CT molecular complexity index is 259. The van der Waals surface area contributed by atoms with E-state index in [4.69, 9.17) is 4.74 Å².